The molecule has 3 rings (SSSR count). The van der Waals surface area contributed by atoms with Gasteiger partial charge in [-0.15, -0.1) is 0 Å². The normalized spacial score (nSPS) is 12.2. The number of ether oxygens (including phenoxy) is 1. The molecule has 5 heteroatoms. The lowest BCUT2D eigenvalue weighted by molar-refractivity contribution is -0.144. The van der Waals surface area contributed by atoms with Gasteiger partial charge in [0.1, 0.15) is 11.6 Å². The van der Waals surface area contributed by atoms with Crippen LogP contribution in [0.3, 0.4) is 0 Å². The second-order valence-electron chi connectivity index (χ2n) is 6.05. The van der Waals surface area contributed by atoms with Crippen LogP contribution in [0.5, 0.6) is 5.75 Å². The summed E-state index contributed by atoms with van der Waals surface area (Å²) in [5.41, 5.74) is 4.32. The summed E-state index contributed by atoms with van der Waals surface area (Å²) in [4.78, 5) is 15.3. The van der Waals surface area contributed by atoms with Crippen molar-refractivity contribution >= 4 is 16.9 Å². The Bertz CT molecular complexity index is 945. The minimum absolute atomic E-state index is 0.254. The summed E-state index contributed by atoms with van der Waals surface area (Å²) in [7, 11) is 0. The minimum atomic E-state index is -1.03. The van der Waals surface area contributed by atoms with Crippen molar-refractivity contribution in [2.45, 2.75) is 26.9 Å². The number of carboxylic acid groups (broad SMARTS) is 1. The van der Waals surface area contributed by atoms with Gasteiger partial charge in [0.15, 0.2) is 6.10 Å². The van der Waals surface area contributed by atoms with Crippen LogP contribution in [0.1, 0.15) is 18.1 Å². The Morgan fingerprint density at radius 2 is 1.84 bits per heavy atom. The smallest absolute Gasteiger partial charge is 0.344 e. The molecule has 1 atom stereocenters. The highest BCUT2D eigenvalue weighted by atomic mass is 19.1. The summed E-state index contributed by atoms with van der Waals surface area (Å²) in [6.45, 7) is 5.23. The number of hydrogen-bond donors (Lipinski definition) is 1. The fourth-order valence-electron chi connectivity index (χ4n) is 3.01. The van der Waals surface area contributed by atoms with Gasteiger partial charge < -0.3 is 9.84 Å². The van der Waals surface area contributed by atoms with Gasteiger partial charge in [-0.25, -0.2) is 9.18 Å². The van der Waals surface area contributed by atoms with E-state index in [2.05, 4.69) is 4.98 Å². The highest BCUT2D eigenvalue weighted by Gasteiger charge is 2.15. The van der Waals surface area contributed by atoms with Crippen molar-refractivity contribution in [2.24, 2.45) is 0 Å². The Hall–Kier alpha value is -2.95. The van der Waals surface area contributed by atoms with Crippen molar-refractivity contribution in [3.8, 4) is 16.9 Å². The van der Waals surface area contributed by atoms with Gasteiger partial charge >= 0.3 is 5.97 Å². The third-order valence-electron chi connectivity index (χ3n) is 4.14. The molecule has 25 heavy (non-hydrogen) atoms. The number of benzene rings is 2. The third-order valence-corrected chi connectivity index (χ3v) is 4.14. The van der Waals surface area contributed by atoms with Crippen LogP contribution in [0.25, 0.3) is 22.0 Å². The Balaban J connectivity index is 2.11. The lowest BCUT2D eigenvalue weighted by Gasteiger charge is -2.14. The van der Waals surface area contributed by atoms with E-state index in [1.807, 2.05) is 26.0 Å². The number of hydrogen-bond acceptors (Lipinski definition) is 3. The van der Waals surface area contributed by atoms with Gasteiger partial charge in [-0.1, -0.05) is 0 Å². The highest BCUT2D eigenvalue weighted by Crippen LogP contribution is 2.34. The molecular weight excluding hydrogens is 321 g/mol. The highest BCUT2D eigenvalue weighted by molar-refractivity contribution is 5.96. The van der Waals surface area contributed by atoms with E-state index in [1.54, 1.807) is 18.3 Å². The number of carboxylic acids is 1. The number of aliphatic carboxylic acids is 1. The van der Waals surface area contributed by atoms with Gasteiger partial charge in [0.05, 0.1) is 5.52 Å². The van der Waals surface area contributed by atoms with Crippen molar-refractivity contribution in [2.75, 3.05) is 0 Å². The molecule has 0 amide bonds. The molecular formula is C20H18FNO3. The molecule has 4 nitrogen and oxygen atoms in total. The first kappa shape index (κ1) is 16.9. The van der Waals surface area contributed by atoms with Gasteiger partial charge in [-0.05, 0) is 73.4 Å². The van der Waals surface area contributed by atoms with Crippen LogP contribution in [-0.4, -0.2) is 22.2 Å². The summed E-state index contributed by atoms with van der Waals surface area (Å²) >= 11 is 0. The predicted molar refractivity (Wildman–Crippen MR) is 94.3 cm³/mol. The van der Waals surface area contributed by atoms with Crippen molar-refractivity contribution in [3.05, 3.63) is 59.5 Å². The molecule has 0 bridgehead atoms. The van der Waals surface area contributed by atoms with Crippen LogP contribution in [0, 0.1) is 19.7 Å². The monoisotopic (exact) mass is 339 g/mol. The van der Waals surface area contributed by atoms with Crippen LogP contribution in [0.4, 0.5) is 4.39 Å². The SMILES string of the molecule is Cc1cc(F)cc(C)c1-c1ccnc2cc(O[C@H](C)C(=O)O)ccc12. The van der Waals surface area contributed by atoms with Crippen molar-refractivity contribution in [3.63, 3.8) is 0 Å². The van der Waals surface area contributed by atoms with Crippen LogP contribution >= 0.6 is 0 Å². The molecule has 0 aliphatic carbocycles. The van der Waals surface area contributed by atoms with Crippen molar-refractivity contribution < 1.29 is 19.0 Å². The molecule has 0 aliphatic heterocycles. The van der Waals surface area contributed by atoms with Crippen LogP contribution in [0.15, 0.2) is 42.6 Å². The Morgan fingerprint density at radius 3 is 2.48 bits per heavy atom. The largest absolute Gasteiger partial charge is 0.479 e. The summed E-state index contributed by atoms with van der Waals surface area (Å²) in [5.74, 6) is -0.838. The molecule has 0 saturated carbocycles. The van der Waals surface area contributed by atoms with Crippen molar-refractivity contribution in [1.82, 2.24) is 4.98 Å². The Morgan fingerprint density at radius 1 is 1.16 bits per heavy atom. The second-order valence-corrected chi connectivity index (χ2v) is 6.05. The number of carbonyl (C=O) groups is 1. The third kappa shape index (κ3) is 3.31. The van der Waals surface area contributed by atoms with E-state index in [1.165, 1.54) is 19.1 Å². The zero-order valence-electron chi connectivity index (χ0n) is 14.2. The number of aromatic nitrogens is 1. The molecule has 0 saturated heterocycles. The summed E-state index contributed by atoms with van der Waals surface area (Å²) in [5, 5.41) is 9.86. The van der Waals surface area contributed by atoms with Gasteiger partial charge in [0.2, 0.25) is 0 Å². The number of aryl methyl sites for hydroxylation is 2. The van der Waals surface area contributed by atoms with E-state index in [-0.39, 0.29) is 5.82 Å². The Labute approximate surface area is 144 Å². The summed E-state index contributed by atoms with van der Waals surface area (Å²) in [6, 6.07) is 10.2. The first-order valence-corrected chi connectivity index (χ1v) is 7.92. The number of pyridine rings is 1. The van der Waals surface area contributed by atoms with Crippen molar-refractivity contribution in [1.29, 1.82) is 0 Å². The van der Waals surface area contributed by atoms with E-state index in [4.69, 9.17) is 9.84 Å². The predicted octanol–water partition coefficient (Wildman–Crippen LogP) is 4.51. The average Bonchev–Trinajstić information content (AvgIpc) is 2.53. The van der Waals surface area contributed by atoms with Crippen LogP contribution in [0.2, 0.25) is 0 Å². The molecule has 2 aromatic carbocycles. The quantitative estimate of drug-likeness (QED) is 0.760. The fourth-order valence-corrected chi connectivity index (χ4v) is 3.01. The molecule has 0 aliphatic rings. The summed E-state index contributed by atoms with van der Waals surface area (Å²) in [6.07, 6.45) is 0.742. The fraction of sp³-hybridized carbons (Fsp3) is 0.200. The maximum Gasteiger partial charge on any atom is 0.344 e. The molecule has 1 N–H and O–H groups in total. The molecule has 1 aromatic heterocycles. The van der Waals surface area contributed by atoms with E-state index in [0.29, 0.717) is 11.3 Å². The lowest BCUT2D eigenvalue weighted by atomic mass is 9.93. The molecule has 0 radical (unpaired) electrons. The zero-order valence-corrected chi connectivity index (χ0v) is 14.2. The van der Waals surface area contributed by atoms with E-state index in [0.717, 1.165) is 27.6 Å². The average molecular weight is 339 g/mol. The van der Waals surface area contributed by atoms with Crippen LogP contribution < -0.4 is 4.74 Å². The van der Waals surface area contributed by atoms with E-state index < -0.39 is 12.1 Å². The standard InChI is InChI=1S/C20H18FNO3/c1-11-8-14(21)9-12(2)19(11)17-6-7-22-18-10-15(4-5-16(17)18)25-13(3)20(23)24/h4-10,13H,1-3H3,(H,23,24)/t13-/m1/s1. The zero-order chi connectivity index (χ0) is 18.1. The molecule has 128 valence electrons. The number of halogens is 1. The van der Waals surface area contributed by atoms with Gasteiger partial charge in [0.25, 0.3) is 0 Å². The maximum atomic E-state index is 13.6. The minimum Gasteiger partial charge on any atom is -0.479 e. The van der Waals surface area contributed by atoms with Crippen LogP contribution in [-0.2, 0) is 4.79 Å². The number of rotatable bonds is 4. The van der Waals surface area contributed by atoms with Gasteiger partial charge in [0, 0.05) is 17.6 Å². The van der Waals surface area contributed by atoms with E-state index >= 15 is 0 Å². The molecule has 0 unspecified atom stereocenters. The molecule has 1 heterocycles. The molecule has 0 fully saturated rings. The first-order chi connectivity index (χ1) is 11.9. The molecule has 0 spiro atoms. The lowest BCUT2D eigenvalue weighted by Crippen LogP contribution is -2.22. The first-order valence-electron chi connectivity index (χ1n) is 7.92. The second kappa shape index (κ2) is 6.51. The summed E-state index contributed by atoms with van der Waals surface area (Å²) < 4.78 is 19.0. The maximum absolute atomic E-state index is 13.6. The molecule has 3 aromatic rings. The van der Waals surface area contributed by atoms with Gasteiger partial charge in [-0.3, -0.25) is 4.98 Å². The number of nitrogens with zero attached hydrogens (tertiary/aromatic N) is 1. The Kier molecular flexibility index (Phi) is 4.40. The van der Waals surface area contributed by atoms with Gasteiger partial charge in [-0.2, -0.15) is 0 Å². The topological polar surface area (TPSA) is 59.4 Å². The number of fused-ring (bicyclic) bond motifs is 1. The van der Waals surface area contributed by atoms with E-state index in [9.17, 15) is 9.18 Å².